The number of fused-ring (bicyclic) bond motifs is 1. The Hall–Kier alpha value is -5.40. The molecule has 4 aromatic carbocycles. The molecule has 0 aliphatic carbocycles. The van der Waals surface area contributed by atoms with E-state index >= 15 is 0 Å². The first kappa shape index (κ1) is 30.1. The molecule has 3 amide bonds. The number of nitrogens with zero attached hydrogens (tertiary/aromatic N) is 3. The second-order valence-electron chi connectivity index (χ2n) is 9.55. The number of nitro groups is 1. The van der Waals surface area contributed by atoms with Crippen molar-refractivity contribution in [3.8, 4) is 5.75 Å². The summed E-state index contributed by atoms with van der Waals surface area (Å²) >= 11 is 5.93. The largest absolute Gasteiger partial charge is 0.379 e. The summed E-state index contributed by atoms with van der Waals surface area (Å²) in [5.41, 5.74) is -0.638. The number of hydrazine groups is 1. The lowest BCUT2D eigenvalue weighted by Gasteiger charge is -2.29. The average molecular weight is 634 g/mol. The number of halogens is 1. The first-order valence-corrected chi connectivity index (χ1v) is 14.5. The van der Waals surface area contributed by atoms with E-state index in [1.807, 2.05) is 0 Å². The fraction of sp³-hybridized carbons (Fsp3) is 0.0667. The van der Waals surface area contributed by atoms with Gasteiger partial charge in [0.2, 0.25) is 0 Å². The van der Waals surface area contributed by atoms with Crippen molar-refractivity contribution in [1.29, 1.82) is 0 Å². The molecule has 1 heterocycles. The van der Waals surface area contributed by atoms with Crippen LogP contribution in [0.2, 0.25) is 5.02 Å². The summed E-state index contributed by atoms with van der Waals surface area (Å²) in [6.07, 6.45) is 0. The topological polar surface area (TPSA) is 161 Å². The van der Waals surface area contributed by atoms with E-state index in [-0.39, 0.29) is 27.3 Å². The van der Waals surface area contributed by atoms with Gasteiger partial charge >= 0.3 is 10.1 Å². The monoisotopic (exact) mass is 633 g/mol. The second kappa shape index (κ2) is 11.7. The van der Waals surface area contributed by atoms with Crippen LogP contribution in [0.25, 0.3) is 0 Å². The van der Waals surface area contributed by atoms with Crippen LogP contribution in [0.1, 0.15) is 47.0 Å². The van der Waals surface area contributed by atoms with Crippen molar-refractivity contribution in [1.82, 2.24) is 10.0 Å². The Morgan fingerprint density at radius 1 is 0.886 bits per heavy atom. The fourth-order valence-electron chi connectivity index (χ4n) is 4.41. The summed E-state index contributed by atoms with van der Waals surface area (Å²) in [6, 6.07) is 19.9. The maximum absolute atomic E-state index is 13.6. The van der Waals surface area contributed by atoms with Gasteiger partial charge in [0, 0.05) is 22.2 Å². The summed E-state index contributed by atoms with van der Waals surface area (Å²) in [7, 11) is -4.16. The molecule has 44 heavy (non-hydrogen) atoms. The number of carbonyl (C=O) groups excluding carboxylic acids is 4. The van der Waals surface area contributed by atoms with Gasteiger partial charge in [0.1, 0.15) is 22.8 Å². The molecule has 0 aromatic heterocycles. The van der Waals surface area contributed by atoms with Gasteiger partial charge in [0.25, 0.3) is 23.4 Å². The Morgan fingerprint density at radius 2 is 1.50 bits per heavy atom. The van der Waals surface area contributed by atoms with E-state index < -0.39 is 56.3 Å². The number of hydrogen-bond acceptors (Lipinski definition) is 9. The third-order valence-electron chi connectivity index (χ3n) is 6.62. The van der Waals surface area contributed by atoms with Crippen molar-refractivity contribution in [2.24, 2.45) is 0 Å². The van der Waals surface area contributed by atoms with Gasteiger partial charge in [0.15, 0.2) is 5.78 Å². The number of imide groups is 1. The predicted octanol–water partition coefficient (Wildman–Crippen LogP) is 4.86. The fourth-order valence-corrected chi connectivity index (χ4v) is 5.46. The van der Waals surface area contributed by atoms with E-state index in [0.717, 1.165) is 11.6 Å². The van der Waals surface area contributed by atoms with Crippen molar-refractivity contribution in [3.05, 3.63) is 134 Å². The third kappa shape index (κ3) is 5.78. The molecule has 0 spiro atoms. The molecule has 4 aromatic rings. The standard InChI is InChI=1S/C30H20ClN3O9S/c1-18-5-15-23(16-6-18)44(41,42)43-22-13-9-19(10-14-22)26(35)17-32(28(36)20-7-11-21(31)12-8-20)33-29(37)24-3-2-4-25(34(39)40)27(24)30(33)38/h2-16H,17H2,1H3. The number of ketones is 1. The number of carbonyl (C=O) groups is 4. The number of benzene rings is 4. The Morgan fingerprint density at radius 3 is 2.11 bits per heavy atom. The quantitative estimate of drug-likeness (QED) is 0.0824. The highest BCUT2D eigenvalue weighted by Crippen LogP contribution is 2.32. The summed E-state index contributed by atoms with van der Waals surface area (Å²) in [5.74, 6) is -3.96. The van der Waals surface area contributed by atoms with Crippen LogP contribution in [0.3, 0.4) is 0 Å². The smallest absolute Gasteiger partial charge is 0.339 e. The lowest BCUT2D eigenvalue weighted by Crippen LogP contribution is -2.51. The van der Waals surface area contributed by atoms with E-state index in [1.165, 1.54) is 72.8 Å². The van der Waals surface area contributed by atoms with Gasteiger partial charge in [-0.05, 0) is 73.7 Å². The predicted molar refractivity (Wildman–Crippen MR) is 156 cm³/mol. The Labute approximate surface area is 255 Å². The summed E-state index contributed by atoms with van der Waals surface area (Å²) in [6.45, 7) is 0.970. The number of Topliss-reactive ketones (excluding diaryl/α,β-unsaturated/α-hetero) is 1. The first-order chi connectivity index (χ1) is 20.9. The average Bonchev–Trinajstić information content (AvgIpc) is 3.25. The molecule has 12 nitrogen and oxygen atoms in total. The third-order valence-corrected chi connectivity index (χ3v) is 8.13. The van der Waals surface area contributed by atoms with E-state index in [9.17, 15) is 37.7 Å². The van der Waals surface area contributed by atoms with E-state index in [2.05, 4.69) is 0 Å². The van der Waals surface area contributed by atoms with Crippen LogP contribution >= 0.6 is 11.6 Å². The summed E-state index contributed by atoms with van der Waals surface area (Å²) in [5, 5.41) is 12.9. The lowest BCUT2D eigenvalue weighted by atomic mass is 10.1. The Balaban J connectivity index is 1.44. The highest BCUT2D eigenvalue weighted by molar-refractivity contribution is 7.87. The molecule has 0 fully saturated rings. The minimum Gasteiger partial charge on any atom is -0.379 e. The maximum atomic E-state index is 13.6. The summed E-state index contributed by atoms with van der Waals surface area (Å²) < 4.78 is 30.4. The number of rotatable bonds is 9. The molecule has 0 N–H and O–H groups in total. The molecule has 5 rings (SSSR count). The zero-order chi connectivity index (χ0) is 31.8. The van der Waals surface area contributed by atoms with Crippen molar-refractivity contribution < 1.29 is 36.7 Å². The lowest BCUT2D eigenvalue weighted by molar-refractivity contribution is -0.385. The minimum atomic E-state index is -4.16. The van der Waals surface area contributed by atoms with Crippen LogP contribution in [0.15, 0.2) is 95.9 Å². The van der Waals surface area contributed by atoms with Gasteiger partial charge in [-0.1, -0.05) is 35.4 Å². The minimum absolute atomic E-state index is 0.0124. The Bertz CT molecular complexity index is 1940. The van der Waals surface area contributed by atoms with Crippen LogP contribution in [-0.2, 0) is 10.1 Å². The number of nitro benzene ring substituents is 1. The highest BCUT2D eigenvalue weighted by Gasteiger charge is 2.46. The normalized spacial score (nSPS) is 12.5. The van der Waals surface area contributed by atoms with Gasteiger partial charge in [0.05, 0.1) is 10.5 Å². The zero-order valence-corrected chi connectivity index (χ0v) is 24.2. The van der Waals surface area contributed by atoms with Gasteiger partial charge in [-0.3, -0.25) is 29.3 Å². The number of hydrogen-bond donors (Lipinski definition) is 0. The van der Waals surface area contributed by atoms with E-state index in [0.29, 0.717) is 15.0 Å². The number of aryl methyl sites for hydroxylation is 1. The van der Waals surface area contributed by atoms with Crippen molar-refractivity contribution >= 4 is 50.9 Å². The van der Waals surface area contributed by atoms with Crippen LogP contribution in [0, 0.1) is 17.0 Å². The molecule has 222 valence electrons. The van der Waals surface area contributed by atoms with Crippen molar-refractivity contribution in [2.75, 3.05) is 6.54 Å². The first-order valence-electron chi connectivity index (χ1n) is 12.8. The van der Waals surface area contributed by atoms with E-state index in [4.69, 9.17) is 15.8 Å². The zero-order valence-electron chi connectivity index (χ0n) is 22.7. The van der Waals surface area contributed by atoms with Crippen LogP contribution in [0.5, 0.6) is 5.75 Å². The van der Waals surface area contributed by atoms with Gasteiger partial charge < -0.3 is 4.18 Å². The molecule has 1 aliphatic heterocycles. The molecule has 0 saturated heterocycles. The molecule has 0 atom stereocenters. The van der Waals surface area contributed by atoms with Crippen molar-refractivity contribution in [3.63, 3.8) is 0 Å². The molecule has 14 heteroatoms. The van der Waals surface area contributed by atoms with Gasteiger partial charge in [-0.15, -0.1) is 0 Å². The highest BCUT2D eigenvalue weighted by atomic mass is 35.5. The molecular formula is C30H20ClN3O9S. The summed E-state index contributed by atoms with van der Waals surface area (Å²) in [4.78, 5) is 64.4. The van der Waals surface area contributed by atoms with Crippen LogP contribution in [0.4, 0.5) is 5.69 Å². The van der Waals surface area contributed by atoms with Crippen LogP contribution < -0.4 is 4.18 Å². The molecule has 0 saturated carbocycles. The molecule has 0 radical (unpaired) electrons. The second-order valence-corrected chi connectivity index (χ2v) is 11.5. The van der Waals surface area contributed by atoms with E-state index in [1.54, 1.807) is 19.1 Å². The molecule has 0 unspecified atom stereocenters. The van der Waals surface area contributed by atoms with Gasteiger partial charge in [-0.2, -0.15) is 13.4 Å². The number of amides is 3. The molecule has 1 aliphatic rings. The Kier molecular flexibility index (Phi) is 8.00. The van der Waals surface area contributed by atoms with Crippen molar-refractivity contribution in [2.45, 2.75) is 11.8 Å². The maximum Gasteiger partial charge on any atom is 0.339 e. The van der Waals surface area contributed by atoms with Gasteiger partial charge in [-0.25, -0.2) is 5.01 Å². The molecule has 0 bridgehead atoms. The van der Waals surface area contributed by atoms with Crippen LogP contribution in [-0.4, -0.2) is 53.4 Å². The SMILES string of the molecule is Cc1ccc(S(=O)(=O)Oc2ccc(C(=O)CN(C(=O)c3ccc(Cl)cc3)N3C(=O)c4cccc([N+](=O)[O-])c4C3=O)cc2)cc1. The molecular weight excluding hydrogens is 614 g/mol.